The zero-order valence-corrected chi connectivity index (χ0v) is 11.9. The van der Waals surface area contributed by atoms with E-state index < -0.39 is 0 Å². The van der Waals surface area contributed by atoms with Crippen LogP contribution < -0.4 is 0 Å². The van der Waals surface area contributed by atoms with Gasteiger partial charge in [-0.3, -0.25) is 0 Å². The molecule has 0 fully saturated rings. The van der Waals surface area contributed by atoms with Crippen LogP contribution in [0.5, 0.6) is 0 Å². The van der Waals surface area contributed by atoms with Gasteiger partial charge in [-0.05, 0) is 23.8 Å². The van der Waals surface area contributed by atoms with Gasteiger partial charge in [0.1, 0.15) is 5.76 Å². The van der Waals surface area contributed by atoms with Gasteiger partial charge >= 0.3 is 0 Å². The van der Waals surface area contributed by atoms with E-state index in [1.807, 2.05) is 18.2 Å². The van der Waals surface area contributed by atoms with Crippen LogP contribution in [0.15, 0.2) is 51.6 Å². The van der Waals surface area contributed by atoms with Crippen LogP contribution in [0.25, 0.3) is 0 Å². The van der Waals surface area contributed by atoms with Gasteiger partial charge in [-0.25, -0.2) is 0 Å². The Morgan fingerprint density at radius 2 is 1.94 bits per heavy atom. The Kier molecular flexibility index (Phi) is 4.24. The molecule has 0 spiro atoms. The zero-order valence-electron chi connectivity index (χ0n) is 8.70. The van der Waals surface area contributed by atoms with Gasteiger partial charge in [0, 0.05) is 22.1 Å². The van der Waals surface area contributed by atoms with Crippen LogP contribution in [0, 0.1) is 0 Å². The topological polar surface area (TPSA) is 13.1 Å². The predicted octanol–water partition coefficient (Wildman–Crippen LogP) is 4.76. The van der Waals surface area contributed by atoms with Crippen molar-refractivity contribution < 1.29 is 4.42 Å². The van der Waals surface area contributed by atoms with Gasteiger partial charge in [-0.1, -0.05) is 50.1 Å². The number of furan rings is 1. The summed E-state index contributed by atoms with van der Waals surface area (Å²) in [7, 11) is 0. The third-order valence-electron chi connectivity index (χ3n) is 2.56. The number of hydrogen-bond acceptors (Lipinski definition) is 1. The van der Waals surface area contributed by atoms with Gasteiger partial charge < -0.3 is 4.42 Å². The van der Waals surface area contributed by atoms with E-state index >= 15 is 0 Å². The molecular weight excluding hydrogens is 332 g/mol. The van der Waals surface area contributed by atoms with Crippen molar-refractivity contribution in [1.82, 2.24) is 0 Å². The lowest BCUT2D eigenvalue weighted by molar-refractivity contribution is 0.494. The summed E-state index contributed by atoms with van der Waals surface area (Å²) in [6.07, 6.45) is 2.64. The summed E-state index contributed by atoms with van der Waals surface area (Å²) in [6, 6.07) is 12.3. The molecule has 16 heavy (non-hydrogen) atoms. The Labute approximate surface area is 112 Å². The summed E-state index contributed by atoms with van der Waals surface area (Å²) in [4.78, 5) is 0. The molecule has 0 radical (unpaired) electrons. The second-order valence-corrected chi connectivity index (χ2v) is 5.16. The first-order valence-electron chi connectivity index (χ1n) is 5.14. The summed E-state index contributed by atoms with van der Waals surface area (Å²) in [5.74, 6) is 1.46. The van der Waals surface area contributed by atoms with Crippen LogP contribution in [0.3, 0.4) is 0 Å². The van der Waals surface area contributed by atoms with Crippen molar-refractivity contribution in [2.45, 2.75) is 12.3 Å². The first kappa shape index (κ1) is 11.9. The Morgan fingerprint density at radius 3 is 2.56 bits per heavy atom. The molecular formula is C13H12Br2O. The Hall–Kier alpha value is -0.540. The zero-order chi connectivity index (χ0) is 11.4. The monoisotopic (exact) mass is 342 g/mol. The summed E-state index contributed by atoms with van der Waals surface area (Å²) in [5.41, 5.74) is 1.32. The lowest BCUT2D eigenvalue weighted by Crippen LogP contribution is -2.04. The standard InChI is InChI=1S/C13H12Br2O/c14-9-10(8-11-4-3-7-16-11)12-5-1-2-6-13(12)15/h1-7,10H,8-9H2. The molecule has 2 rings (SSSR count). The minimum Gasteiger partial charge on any atom is -0.469 e. The molecule has 1 aromatic heterocycles. The molecule has 0 bridgehead atoms. The van der Waals surface area contributed by atoms with Crippen LogP contribution in [-0.2, 0) is 6.42 Å². The van der Waals surface area contributed by atoms with E-state index in [1.165, 1.54) is 5.56 Å². The van der Waals surface area contributed by atoms with Crippen molar-refractivity contribution >= 4 is 31.9 Å². The highest BCUT2D eigenvalue weighted by atomic mass is 79.9. The van der Waals surface area contributed by atoms with E-state index in [2.05, 4.69) is 50.1 Å². The number of alkyl halides is 1. The maximum absolute atomic E-state index is 5.39. The maximum atomic E-state index is 5.39. The predicted molar refractivity (Wildman–Crippen MR) is 73.1 cm³/mol. The van der Waals surface area contributed by atoms with Crippen LogP contribution in [0.2, 0.25) is 0 Å². The molecule has 84 valence electrons. The van der Waals surface area contributed by atoms with E-state index in [-0.39, 0.29) is 0 Å². The first-order valence-corrected chi connectivity index (χ1v) is 7.05. The Balaban J connectivity index is 2.20. The van der Waals surface area contributed by atoms with Crippen molar-refractivity contribution in [1.29, 1.82) is 0 Å². The third-order valence-corrected chi connectivity index (χ3v) is 4.06. The van der Waals surface area contributed by atoms with Crippen molar-refractivity contribution in [2.75, 3.05) is 5.33 Å². The van der Waals surface area contributed by atoms with Gasteiger partial charge in [0.2, 0.25) is 0 Å². The SMILES string of the molecule is BrCC(Cc1ccco1)c1ccccc1Br. The van der Waals surface area contributed by atoms with Crippen molar-refractivity contribution in [3.63, 3.8) is 0 Å². The lowest BCUT2D eigenvalue weighted by Gasteiger charge is -2.14. The molecule has 0 N–H and O–H groups in total. The van der Waals surface area contributed by atoms with Crippen molar-refractivity contribution in [3.8, 4) is 0 Å². The molecule has 0 aliphatic rings. The highest BCUT2D eigenvalue weighted by Gasteiger charge is 2.14. The molecule has 1 nitrogen and oxygen atoms in total. The molecule has 0 amide bonds. The van der Waals surface area contributed by atoms with Gasteiger partial charge in [-0.2, -0.15) is 0 Å². The maximum Gasteiger partial charge on any atom is 0.104 e. The minimum absolute atomic E-state index is 0.432. The molecule has 1 heterocycles. The molecule has 3 heteroatoms. The molecule has 1 atom stereocenters. The van der Waals surface area contributed by atoms with Crippen molar-refractivity contribution in [2.24, 2.45) is 0 Å². The van der Waals surface area contributed by atoms with Gasteiger partial charge in [0.05, 0.1) is 6.26 Å². The molecule has 1 unspecified atom stereocenters. The summed E-state index contributed by atoms with van der Waals surface area (Å²) >= 11 is 7.16. The van der Waals surface area contributed by atoms with E-state index in [9.17, 15) is 0 Å². The minimum atomic E-state index is 0.432. The number of hydrogen-bond donors (Lipinski definition) is 0. The van der Waals surface area contributed by atoms with Gasteiger partial charge in [0.25, 0.3) is 0 Å². The summed E-state index contributed by atoms with van der Waals surface area (Å²) < 4.78 is 6.55. The molecule has 1 aromatic carbocycles. The lowest BCUT2D eigenvalue weighted by atomic mass is 9.97. The number of halogens is 2. The number of benzene rings is 1. The highest BCUT2D eigenvalue weighted by Crippen LogP contribution is 2.29. The normalized spacial score (nSPS) is 12.6. The van der Waals surface area contributed by atoms with Crippen molar-refractivity contribution in [3.05, 3.63) is 58.5 Å². The van der Waals surface area contributed by atoms with E-state index in [0.29, 0.717) is 5.92 Å². The largest absolute Gasteiger partial charge is 0.469 e. The number of rotatable bonds is 4. The van der Waals surface area contributed by atoms with Gasteiger partial charge in [-0.15, -0.1) is 0 Å². The molecule has 2 aromatic rings. The fourth-order valence-corrected chi connectivity index (χ4v) is 2.91. The molecule has 0 saturated carbocycles. The fourth-order valence-electron chi connectivity index (χ4n) is 1.73. The van der Waals surface area contributed by atoms with Gasteiger partial charge in [0.15, 0.2) is 0 Å². The molecule has 0 aliphatic carbocycles. The quantitative estimate of drug-likeness (QED) is 0.729. The first-order chi connectivity index (χ1) is 7.81. The van der Waals surface area contributed by atoms with E-state index in [4.69, 9.17) is 4.42 Å². The Bertz CT molecular complexity index is 437. The highest BCUT2D eigenvalue weighted by molar-refractivity contribution is 9.10. The average Bonchev–Trinajstić information content (AvgIpc) is 2.80. The second kappa shape index (κ2) is 5.69. The van der Waals surface area contributed by atoms with Crippen LogP contribution in [0.1, 0.15) is 17.2 Å². The molecule has 0 aliphatic heterocycles. The Morgan fingerprint density at radius 1 is 1.12 bits per heavy atom. The average molecular weight is 344 g/mol. The third kappa shape index (κ3) is 2.77. The van der Waals surface area contributed by atoms with Crippen LogP contribution in [-0.4, -0.2) is 5.33 Å². The van der Waals surface area contributed by atoms with Crippen LogP contribution in [0.4, 0.5) is 0 Å². The summed E-state index contributed by atoms with van der Waals surface area (Å²) in [6.45, 7) is 0. The summed E-state index contributed by atoms with van der Waals surface area (Å²) in [5, 5.41) is 0.927. The smallest absolute Gasteiger partial charge is 0.104 e. The van der Waals surface area contributed by atoms with Crippen LogP contribution >= 0.6 is 31.9 Å². The molecule has 0 saturated heterocycles. The fraction of sp³-hybridized carbons (Fsp3) is 0.231. The van der Waals surface area contributed by atoms with E-state index in [0.717, 1.165) is 22.0 Å². The second-order valence-electron chi connectivity index (χ2n) is 3.66. The van der Waals surface area contributed by atoms with E-state index in [1.54, 1.807) is 6.26 Å².